The second-order valence-electron chi connectivity index (χ2n) is 6.85. The van der Waals surface area contributed by atoms with E-state index in [9.17, 15) is 9.59 Å². The Labute approximate surface area is 146 Å². The van der Waals surface area contributed by atoms with Crippen LogP contribution in [-0.2, 0) is 21.4 Å². The zero-order valence-electron chi connectivity index (χ0n) is 14.0. The van der Waals surface area contributed by atoms with E-state index in [1.165, 1.54) is 6.33 Å². The van der Waals surface area contributed by atoms with Crippen LogP contribution in [0.5, 0.6) is 0 Å². The maximum Gasteiger partial charge on any atom is 0.252 e. The molecule has 0 aliphatic heterocycles. The monoisotopic (exact) mass is 333 g/mol. The molecule has 1 aromatic heterocycles. The number of carbonyl (C=O) groups is 2. The zero-order valence-corrected chi connectivity index (χ0v) is 14.0. The minimum Gasteiger partial charge on any atom is -0.365 e. The zero-order chi connectivity index (χ0) is 17.6. The van der Waals surface area contributed by atoms with Crippen LogP contribution in [0.1, 0.15) is 30.2 Å². The van der Waals surface area contributed by atoms with Gasteiger partial charge in [0.15, 0.2) is 5.78 Å². The highest BCUT2D eigenvalue weighted by Gasteiger charge is 2.53. The molecule has 25 heavy (non-hydrogen) atoms. The quantitative estimate of drug-likeness (QED) is 0.851. The molecule has 2 aliphatic rings. The van der Waals surface area contributed by atoms with Gasteiger partial charge in [-0.3, -0.25) is 9.59 Å². The maximum atomic E-state index is 12.7. The fourth-order valence-corrected chi connectivity index (χ4v) is 4.52. The predicted molar refractivity (Wildman–Crippen MR) is 92.5 cm³/mol. The third kappa shape index (κ3) is 2.15. The van der Waals surface area contributed by atoms with Crippen LogP contribution >= 0.6 is 0 Å². The van der Waals surface area contributed by atoms with Gasteiger partial charge in [-0.2, -0.15) is 0 Å². The molecular weight excluding hydrogens is 314 g/mol. The molecule has 1 aromatic carbocycles. The van der Waals surface area contributed by atoms with E-state index < -0.39 is 11.3 Å². The molecule has 4 rings (SSSR count). The van der Waals surface area contributed by atoms with Gasteiger partial charge in [0.1, 0.15) is 6.33 Å². The molecule has 0 fully saturated rings. The first kappa shape index (κ1) is 15.7. The van der Waals surface area contributed by atoms with E-state index in [1.807, 2.05) is 43.5 Å². The number of amides is 1. The third-order valence-corrected chi connectivity index (χ3v) is 5.66. The highest BCUT2D eigenvalue weighted by molar-refractivity contribution is 6.20. The summed E-state index contributed by atoms with van der Waals surface area (Å²) in [5.41, 5.74) is 7.95. The molecule has 0 saturated heterocycles. The van der Waals surface area contributed by atoms with Gasteiger partial charge in [0.25, 0.3) is 5.91 Å². The number of carbonyl (C=O) groups excluding carboxylic acids is 2. The van der Waals surface area contributed by atoms with Crippen LogP contribution in [0.2, 0.25) is 0 Å². The summed E-state index contributed by atoms with van der Waals surface area (Å²) in [5, 5.41) is 0. The first-order valence-corrected chi connectivity index (χ1v) is 8.47. The minimum absolute atomic E-state index is 0.0351. The van der Waals surface area contributed by atoms with Crippen molar-refractivity contribution < 1.29 is 9.59 Å². The number of allylic oxidation sites excluding steroid dienone is 1. The van der Waals surface area contributed by atoms with E-state index in [1.54, 1.807) is 6.08 Å². The van der Waals surface area contributed by atoms with Gasteiger partial charge in [-0.05, 0) is 29.9 Å². The molecule has 5 nitrogen and oxygen atoms in total. The Hall–Kier alpha value is -2.82. The number of nitrogens with two attached hydrogens (primary N) is 1. The lowest BCUT2D eigenvalue weighted by molar-refractivity contribution is -0.125. The van der Waals surface area contributed by atoms with Crippen LogP contribution in [0.3, 0.4) is 0 Å². The highest BCUT2D eigenvalue weighted by atomic mass is 16.2. The Morgan fingerprint density at radius 3 is 2.76 bits per heavy atom. The number of nitrogens with zero attached hydrogens (tertiary/aromatic N) is 2. The molecular formula is C20H19N3O2. The predicted octanol–water partition coefficient (Wildman–Crippen LogP) is 1.96. The lowest BCUT2D eigenvalue weighted by atomic mass is 9.54. The summed E-state index contributed by atoms with van der Waals surface area (Å²) < 4.78 is 0. The van der Waals surface area contributed by atoms with Crippen LogP contribution < -0.4 is 5.73 Å². The first-order valence-electron chi connectivity index (χ1n) is 8.47. The second-order valence-corrected chi connectivity index (χ2v) is 6.85. The van der Waals surface area contributed by atoms with Crippen molar-refractivity contribution in [1.29, 1.82) is 0 Å². The molecule has 0 radical (unpaired) electrons. The standard InChI is InChI=1S/C20H19N3O2/c1-12-16-8-7-13-10-22-11-23-18(13)20(16,14-5-3-2-4-6-14)9-15(17(12)24)19(21)25/h2-6,9-12,16H,7-8H2,1H3,(H2,21,25)/t12-,16-,20+/m0/s1. The smallest absolute Gasteiger partial charge is 0.252 e. The van der Waals surface area contributed by atoms with E-state index in [-0.39, 0.29) is 23.2 Å². The number of Topliss-reactive ketones (excluding diaryl/α,β-unsaturated/α-hetero) is 1. The molecule has 1 heterocycles. The summed E-state index contributed by atoms with van der Waals surface area (Å²) in [6.45, 7) is 1.90. The van der Waals surface area contributed by atoms with E-state index in [0.717, 1.165) is 29.7 Å². The van der Waals surface area contributed by atoms with Gasteiger partial charge in [0.05, 0.1) is 16.7 Å². The molecule has 2 aromatic rings. The minimum atomic E-state index is -0.674. The van der Waals surface area contributed by atoms with Crippen LogP contribution in [0.25, 0.3) is 0 Å². The van der Waals surface area contributed by atoms with Gasteiger partial charge in [0.2, 0.25) is 0 Å². The van der Waals surface area contributed by atoms with Gasteiger partial charge >= 0.3 is 0 Å². The Morgan fingerprint density at radius 1 is 1.28 bits per heavy atom. The second kappa shape index (κ2) is 5.62. The molecule has 126 valence electrons. The van der Waals surface area contributed by atoms with E-state index in [2.05, 4.69) is 9.97 Å². The van der Waals surface area contributed by atoms with Crippen molar-refractivity contribution in [3.05, 3.63) is 71.3 Å². The molecule has 0 unspecified atom stereocenters. The summed E-state index contributed by atoms with van der Waals surface area (Å²) in [6.07, 6.45) is 6.80. The summed E-state index contributed by atoms with van der Waals surface area (Å²) in [6, 6.07) is 9.95. The Balaban J connectivity index is 2.09. The van der Waals surface area contributed by atoms with Crippen LogP contribution in [0.4, 0.5) is 0 Å². The van der Waals surface area contributed by atoms with Crippen molar-refractivity contribution in [2.24, 2.45) is 17.6 Å². The lowest BCUT2D eigenvalue weighted by Gasteiger charge is -2.48. The summed E-state index contributed by atoms with van der Waals surface area (Å²) >= 11 is 0. The number of hydrogen-bond acceptors (Lipinski definition) is 4. The lowest BCUT2D eigenvalue weighted by Crippen LogP contribution is -2.50. The average Bonchev–Trinajstić information content (AvgIpc) is 2.64. The SMILES string of the molecule is C[C@@H]1C(=O)C(C(N)=O)=C[C@]2(c3ccccc3)c3ncncc3CC[C@@H]12. The largest absolute Gasteiger partial charge is 0.365 e. The molecule has 2 N–H and O–H groups in total. The van der Waals surface area contributed by atoms with Gasteiger partial charge in [-0.25, -0.2) is 9.97 Å². The number of hydrogen-bond donors (Lipinski definition) is 1. The fraction of sp³-hybridized carbons (Fsp3) is 0.300. The summed E-state index contributed by atoms with van der Waals surface area (Å²) in [4.78, 5) is 33.4. The van der Waals surface area contributed by atoms with Gasteiger partial charge in [0, 0.05) is 12.1 Å². The molecule has 0 spiro atoms. The van der Waals surface area contributed by atoms with Gasteiger partial charge in [-0.15, -0.1) is 0 Å². The fourth-order valence-electron chi connectivity index (χ4n) is 4.52. The number of aryl methyl sites for hydroxylation is 1. The topological polar surface area (TPSA) is 85.9 Å². The Morgan fingerprint density at radius 2 is 2.04 bits per heavy atom. The molecule has 0 bridgehead atoms. The Kier molecular flexibility index (Phi) is 3.53. The number of benzene rings is 1. The average molecular weight is 333 g/mol. The van der Waals surface area contributed by atoms with Crippen molar-refractivity contribution in [3.8, 4) is 0 Å². The number of primary amides is 1. The molecule has 0 saturated carbocycles. The molecule has 1 amide bonds. The number of aromatic nitrogens is 2. The van der Waals surface area contributed by atoms with Crippen molar-refractivity contribution >= 4 is 11.7 Å². The van der Waals surface area contributed by atoms with Crippen LogP contribution in [-0.4, -0.2) is 21.7 Å². The van der Waals surface area contributed by atoms with Crippen molar-refractivity contribution in [2.75, 3.05) is 0 Å². The molecule has 5 heteroatoms. The van der Waals surface area contributed by atoms with Gasteiger partial charge in [-0.1, -0.05) is 43.3 Å². The van der Waals surface area contributed by atoms with Crippen molar-refractivity contribution in [3.63, 3.8) is 0 Å². The number of fused-ring (bicyclic) bond motifs is 3. The van der Waals surface area contributed by atoms with Crippen LogP contribution in [0, 0.1) is 11.8 Å². The third-order valence-electron chi connectivity index (χ3n) is 5.66. The molecule has 2 aliphatic carbocycles. The molecule has 3 atom stereocenters. The number of ketones is 1. The van der Waals surface area contributed by atoms with E-state index in [4.69, 9.17) is 5.73 Å². The summed E-state index contributed by atoms with van der Waals surface area (Å²) in [5.74, 6) is -1.10. The highest BCUT2D eigenvalue weighted by Crippen LogP contribution is 2.52. The van der Waals surface area contributed by atoms with Crippen molar-refractivity contribution in [2.45, 2.75) is 25.2 Å². The number of rotatable bonds is 2. The van der Waals surface area contributed by atoms with E-state index >= 15 is 0 Å². The normalized spacial score (nSPS) is 27.9. The van der Waals surface area contributed by atoms with E-state index in [0.29, 0.717) is 0 Å². The first-order chi connectivity index (χ1) is 12.1. The van der Waals surface area contributed by atoms with Gasteiger partial charge < -0.3 is 5.73 Å². The van der Waals surface area contributed by atoms with Crippen LogP contribution in [0.15, 0.2) is 54.5 Å². The Bertz CT molecular complexity index is 891. The maximum absolute atomic E-state index is 12.7. The summed E-state index contributed by atoms with van der Waals surface area (Å²) in [7, 11) is 0. The van der Waals surface area contributed by atoms with Crippen molar-refractivity contribution in [1.82, 2.24) is 9.97 Å².